The van der Waals surface area contributed by atoms with Crippen LogP contribution in [0.1, 0.15) is 30.0 Å². The van der Waals surface area contributed by atoms with Crippen molar-refractivity contribution in [3.63, 3.8) is 0 Å². The van der Waals surface area contributed by atoms with Gasteiger partial charge in [-0.1, -0.05) is 13.8 Å². The number of nitrogens with one attached hydrogen (secondary N) is 1. The number of amides is 1. The van der Waals surface area contributed by atoms with Crippen molar-refractivity contribution in [3.8, 4) is 5.75 Å². The lowest BCUT2D eigenvalue weighted by Gasteiger charge is -2.10. The molecule has 3 aromatic rings. The van der Waals surface area contributed by atoms with Gasteiger partial charge in [-0.05, 0) is 65.2 Å². The summed E-state index contributed by atoms with van der Waals surface area (Å²) in [4.78, 5) is 17.1. The van der Waals surface area contributed by atoms with Gasteiger partial charge < -0.3 is 10.1 Å². The second-order valence-electron chi connectivity index (χ2n) is 6.30. The third-order valence-corrected chi connectivity index (χ3v) is 4.14. The standard InChI is InChI=1S/C19H20BrN3O2/c1-12(2)11-25-16-7-5-15(6-8-16)22-19(24)18-13(3)21-17-9-4-14(20)10-23(17)18/h4-10,12H,11H2,1-3H3,(H,22,24). The van der Waals surface area contributed by atoms with E-state index in [9.17, 15) is 4.79 Å². The van der Waals surface area contributed by atoms with Crippen LogP contribution in [0.4, 0.5) is 5.69 Å². The van der Waals surface area contributed by atoms with Gasteiger partial charge in [0.25, 0.3) is 5.91 Å². The Kier molecular flexibility index (Phi) is 5.08. The maximum absolute atomic E-state index is 12.7. The lowest BCUT2D eigenvalue weighted by Crippen LogP contribution is -2.15. The Morgan fingerprint density at radius 2 is 1.96 bits per heavy atom. The van der Waals surface area contributed by atoms with E-state index < -0.39 is 0 Å². The molecule has 0 aliphatic carbocycles. The molecule has 6 heteroatoms. The van der Waals surface area contributed by atoms with Gasteiger partial charge in [-0.3, -0.25) is 9.20 Å². The maximum atomic E-state index is 12.7. The van der Waals surface area contributed by atoms with E-state index in [0.717, 1.165) is 15.9 Å². The number of hydrogen-bond acceptors (Lipinski definition) is 3. The van der Waals surface area contributed by atoms with Crippen LogP contribution in [-0.2, 0) is 0 Å². The first-order chi connectivity index (χ1) is 11.9. The van der Waals surface area contributed by atoms with Crippen molar-refractivity contribution in [2.24, 2.45) is 5.92 Å². The summed E-state index contributed by atoms with van der Waals surface area (Å²) in [6.45, 7) is 6.70. The minimum Gasteiger partial charge on any atom is -0.493 e. The van der Waals surface area contributed by atoms with Gasteiger partial charge in [0, 0.05) is 16.4 Å². The molecule has 0 bridgehead atoms. The second kappa shape index (κ2) is 7.27. The molecule has 2 aromatic heterocycles. The Labute approximate surface area is 155 Å². The summed E-state index contributed by atoms with van der Waals surface area (Å²) in [5.74, 6) is 1.07. The average Bonchev–Trinajstić information content (AvgIpc) is 2.89. The van der Waals surface area contributed by atoms with E-state index in [0.29, 0.717) is 29.6 Å². The largest absolute Gasteiger partial charge is 0.493 e. The second-order valence-corrected chi connectivity index (χ2v) is 7.22. The van der Waals surface area contributed by atoms with Crippen LogP contribution < -0.4 is 10.1 Å². The number of benzene rings is 1. The first-order valence-corrected chi connectivity index (χ1v) is 8.92. The highest BCUT2D eigenvalue weighted by Crippen LogP contribution is 2.20. The number of anilines is 1. The van der Waals surface area contributed by atoms with Crippen LogP contribution in [0.2, 0.25) is 0 Å². The van der Waals surface area contributed by atoms with E-state index in [1.165, 1.54) is 0 Å². The smallest absolute Gasteiger partial charge is 0.274 e. The molecule has 1 N–H and O–H groups in total. The van der Waals surface area contributed by atoms with Crippen molar-refractivity contribution in [3.05, 3.63) is 58.5 Å². The molecule has 1 amide bonds. The Hall–Kier alpha value is -2.34. The molecule has 0 saturated carbocycles. The third kappa shape index (κ3) is 4.02. The van der Waals surface area contributed by atoms with Crippen molar-refractivity contribution < 1.29 is 9.53 Å². The number of ether oxygens (including phenoxy) is 1. The van der Waals surface area contributed by atoms with Gasteiger partial charge in [-0.2, -0.15) is 0 Å². The number of fused-ring (bicyclic) bond motifs is 1. The molecule has 0 aliphatic rings. The number of aromatic nitrogens is 2. The molecule has 5 nitrogen and oxygen atoms in total. The Morgan fingerprint density at radius 1 is 1.24 bits per heavy atom. The summed E-state index contributed by atoms with van der Waals surface area (Å²) < 4.78 is 8.33. The molecule has 1 aromatic carbocycles. The molecule has 130 valence electrons. The van der Waals surface area contributed by atoms with Gasteiger partial charge in [0.15, 0.2) is 0 Å². The van der Waals surface area contributed by atoms with Gasteiger partial charge in [0.2, 0.25) is 0 Å². The fraction of sp³-hybridized carbons (Fsp3) is 0.263. The van der Waals surface area contributed by atoms with Crippen LogP contribution in [0.15, 0.2) is 47.1 Å². The summed E-state index contributed by atoms with van der Waals surface area (Å²) >= 11 is 3.43. The molecule has 0 fully saturated rings. The number of nitrogens with zero attached hydrogens (tertiary/aromatic N) is 2. The monoisotopic (exact) mass is 401 g/mol. The molecule has 0 unspecified atom stereocenters. The number of rotatable bonds is 5. The minimum absolute atomic E-state index is 0.195. The van der Waals surface area contributed by atoms with Crippen molar-refractivity contribution in [2.75, 3.05) is 11.9 Å². The van der Waals surface area contributed by atoms with E-state index in [4.69, 9.17) is 4.74 Å². The summed E-state index contributed by atoms with van der Waals surface area (Å²) in [7, 11) is 0. The number of imidazole rings is 1. The molecule has 25 heavy (non-hydrogen) atoms. The number of carbonyl (C=O) groups excluding carboxylic acids is 1. The summed E-state index contributed by atoms with van der Waals surface area (Å²) in [5, 5.41) is 2.92. The number of pyridine rings is 1. The molecule has 0 spiro atoms. The highest BCUT2D eigenvalue weighted by molar-refractivity contribution is 9.10. The lowest BCUT2D eigenvalue weighted by atomic mass is 10.2. The predicted molar refractivity (Wildman–Crippen MR) is 102 cm³/mol. The highest BCUT2D eigenvalue weighted by atomic mass is 79.9. The quantitative estimate of drug-likeness (QED) is 0.674. The molecule has 0 aliphatic heterocycles. The number of carbonyl (C=O) groups is 1. The summed E-state index contributed by atoms with van der Waals surface area (Å²) in [6, 6.07) is 11.2. The Morgan fingerprint density at radius 3 is 2.64 bits per heavy atom. The van der Waals surface area contributed by atoms with Crippen LogP contribution in [-0.4, -0.2) is 21.9 Å². The molecular formula is C19H20BrN3O2. The van der Waals surface area contributed by atoms with Gasteiger partial charge in [0.05, 0.1) is 12.3 Å². The van der Waals surface area contributed by atoms with Crippen molar-refractivity contribution in [1.82, 2.24) is 9.38 Å². The van der Waals surface area contributed by atoms with E-state index >= 15 is 0 Å². The SMILES string of the molecule is Cc1nc2ccc(Br)cn2c1C(=O)Nc1ccc(OCC(C)C)cc1. The van der Waals surface area contributed by atoms with E-state index in [2.05, 4.69) is 40.1 Å². The van der Waals surface area contributed by atoms with Crippen molar-refractivity contribution >= 4 is 33.2 Å². The normalized spacial score (nSPS) is 11.1. The molecule has 2 heterocycles. The highest BCUT2D eigenvalue weighted by Gasteiger charge is 2.17. The lowest BCUT2D eigenvalue weighted by molar-refractivity contribution is 0.102. The van der Waals surface area contributed by atoms with Crippen molar-refractivity contribution in [2.45, 2.75) is 20.8 Å². The zero-order valence-electron chi connectivity index (χ0n) is 14.4. The summed E-state index contributed by atoms with van der Waals surface area (Å²) in [6.07, 6.45) is 1.84. The number of aryl methyl sites for hydroxylation is 1. The third-order valence-electron chi connectivity index (χ3n) is 3.67. The Bertz CT molecular complexity index is 901. The van der Waals surface area contributed by atoms with Crippen LogP contribution >= 0.6 is 15.9 Å². The molecule has 0 radical (unpaired) electrons. The van der Waals surface area contributed by atoms with Gasteiger partial charge in [0.1, 0.15) is 17.1 Å². The molecule has 0 atom stereocenters. The maximum Gasteiger partial charge on any atom is 0.274 e. The van der Waals surface area contributed by atoms with Crippen molar-refractivity contribution in [1.29, 1.82) is 0 Å². The first-order valence-electron chi connectivity index (χ1n) is 8.12. The molecule has 3 rings (SSSR count). The van der Waals surface area contributed by atoms with Crippen LogP contribution in [0.3, 0.4) is 0 Å². The fourth-order valence-electron chi connectivity index (χ4n) is 2.50. The van der Waals surface area contributed by atoms with Crippen LogP contribution in [0, 0.1) is 12.8 Å². The molecule has 0 saturated heterocycles. The fourth-order valence-corrected chi connectivity index (χ4v) is 2.83. The minimum atomic E-state index is -0.195. The van der Waals surface area contributed by atoms with Crippen LogP contribution in [0.25, 0.3) is 5.65 Å². The van der Waals surface area contributed by atoms with Gasteiger partial charge >= 0.3 is 0 Å². The predicted octanol–water partition coefficient (Wildman–Crippen LogP) is 4.69. The van der Waals surface area contributed by atoms with E-state index in [-0.39, 0.29) is 5.91 Å². The van der Waals surface area contributed by atoms with Gasteiger partial charge in [-0.25, -0.2) is 4.98 Å². The number of hydrogen-bond donors (Lipinski definition) is 1. The zero-order valence-corrected chi connectivity index (χ0v) is 16.0. The summed E-state index contributed by atoms with van der Waals surface area (Å²) in [5.41, 5.74) is 2.67. The van der Waals surface area contributed by atoms with Crippen LogP contribution in [0.5, 0.6) is 5.75 Å². The van der Waals surface area contributed by atoms with E-state index in [1.807, 2.05) is 49.5 Å². The zero-order chi connectivity index (χ0) is 18.0. The van der Waals surface area contributed by atoms with Gasteiger partial charge in [-0.15, -0.1) is 0 Å². The first kappa shape index (κ1) is 17.5. The average molecular weight is 402 g/mol. The Balaban J connectivity index is 1.78. The number of halogens is 1. The molecular weight excluding hydrogens is 382 g/mol. The topological polar surface area (TPSA) is 55.6 Å². The van der Waals surface area contributed by atoms with E-state index in [1.54, 1.807) is 4.40 Å².